The zero-order valence-electron chi connectivity index (χ0n) is 10.9. The number of hydrogen-bond donors (Lipinski definition) is 1. The molecule has 0 bridgehead atoms. The molecule has 0 saturated carbocycles. The van der Waals surface area contributed by atoms with Gasteiger partial charge in [-0.2, -0.15) is 5.10 Å². The van der Waals surface area contributed by atoms with Crippen molar-refractivity contribution in [3.05, 3.63) is 30.1 Å². The molecule has 0 aromatic carbocycles. The van der Waals surface area contributed by atoms with E-state index in [1.807, 2.05) is 12.3 Å². The molecule has 0 aliphatic rings. The standard InChI is InChI=1S/C11H14N4.2CHN/c1-8(2)15-4-3-10-5-9(7-14-12)6-13-11(10)15;2*1-2/h3-8H,12H2,1-2H3;2*1H. The normalized spacial score (nSPS) is 9.63. The van der Waals surface area contributed by atoms with Gasteiger partial charge in [0.1, 0.15) is 5.65 Å². The Hall–Kier alpha value is -2.86. The van der Waals surface area contributed by atoms with Crippen LogP contribution in [-0.2, 0) is 0 Å². The van der Waals surface area contributed by atoms with Gasteiger partial charge in [0.25, 0.3) is 0 Å². The lowest BCUT2D eigenvalue weighted by Crippen LogP contribution is -1.99. The van der Waals surface area contributed by atoms with Gasteiger partial charge < -0.3 is 10.4 Å². The summed E-state index contributed by atoms with van der Waals surface area (Å²) in [6, 6.07) is 4.50. The lowest BCUT2D eigenvalue weighted by Gasteiger charge is -2.07. The van der Waals surface area contributed by atoms with E-state index in [2.05, 4.69) is 47.7 Å². The van der Waals surface area contributed by atoms with Gasteiger partial charge in [-0.15, -0.1) is 0 Å². The third-order valence-electron chi connectivity index (χ3n) is 2.36. The molecule has 0 unspecified atom stereocenters. The van der Waals surface area contributed by atoms with Crippen molar-refractivity contribution in [1.82, 2.24) is 9.55 Å². The Kier molecular flexibility index (Phi) is 7.02. The molecule has 2 rings (SSSR count). The number of fused-ring (bicyclic) bond motifs is 1. The van der Waals surface area contributed by atoms with Crippen LogP contribution in [-0.4, -0.2) is 15.8 Å². The Morgan fingerprint density at radius 2 is 2.00 bits per heavy atom. The average Bonchev–Trinajstić information content (AvgIpc) is 2.87. The molecule has 0 radical (unpaired) electrons. The van der Waals surface area contributed by atoms with Crippen LogP contribution in [0.2, 0.25) is 0 Å². The van der Waals surface area contributed by atoms with Crippen molar-refractivity contribution < 1.29 is 0 Å². The third kappa shape index (κ3) is 3.83. The number of hydrogen-bond acceptors (Lipinski definition) is 5. The Bertz CT molecular complexity index is 570. The van der Waals surface area contributed by atoms with Crippen LogP contribution in [0.5, 0.6) is 0 Å². The van der Waals surface area contributed by atoms with E-state index in [0.717, 1.165) is 16.6 Å². The molecule has 0 aliphatic heterocycles. The molecule has 0 atom stereocenters. The number of aromatic nitrogens is 2. The first kappa shape index (κ1) is 16.1. The number of nitrogens with zero attached hydrogens (tertiary/aromatic N) is 5. The van der Waals surface area contributed by atoms with Gasteiger partial charge >= 0.3 is 0 Å². The molecule has 0 amide bonds. The second-order valence-electron chi connectivity index (χ2n) is 3.78. The summed E-state index contributed by atoms with van der Waals surface area (Å²) < 4.78 is 2.14. The molecule has 19 heavy (non-hydrogen) atoms. The maximum atomic E-state index is 6.50. The van der Waals surface area contributed by atoms with Gasteiger partial charge in [-0.3, -0.25) is 0 Å². The maximum absolute atomic E-state index is 6.50. The molecule has 0 saturated heterocycles. The van der Waals surface area contributed by atoms with Gasteiger partial charge in [0.2, 0.25) is 0 Å². The monoisotopic (exact) mass is 256 g/mol. The second kappa shape index (κ2) is 8.26. The second-order valence-corrected chi connectivity index (χ2v) is 3.78. The van der Waals surface area contributed by atoms with Crippen LogP contribution >= 0.6 is 0 Å². The Morgan fingerprint density at radius 1 is 1.37 bits per heavy atom. The largest absolute Gasteiger partial charge is 0.330 e. The minimum absolute atomic E-state index is 0.420. The summed E-state index contributed by atoms with van der Waals surface area (Å²) in [6.07, 6.45) is 5.42. The van der Waals surface area contributed by atoms with E-state index in [9.17, 15) is 0 Å². The van der Waals surface area contributed by atoms with E-state index < -0.39 is 0 Å². The molecule has 2 aromatic heterocycles. The van der Waals surface area contributed by atoms with E-state index in [4.69, 9.17) is 16.4 Å². The van der Waals surface area contributed by atoms with Crippen LogP contribution in [0.4, 0.5) is 0 Å². The van der Waals surface area contributed by atoms with Crippen molar-refractivity contribution in [2.24, 2.45) is 10.9 Å². The van der Waals surface area contributed by atoms with Crippen molar-refractivity contribution in [2.75, 3.05) is 0 Å². The first-order valence-electron chi connectivity index (χ1n) is 5.44. The van der Waals surface area contributed by atoms with Crippen molar-refractivity contribution >= 4 is 17.2 Å². The fourth-order valence-corrected chi connectivity index (χ4v) is 1.63. The molecule has 2 N–H and O–H groups in total. The van der Waals surface area contributed by atoms with Gasteiger partial charge in [0.05, 0.1) is 6.21 Å². The number of nitrogens with two attached hydrogens (primary N) is 1. The minimum atomic E-state index is 0.420. The number of nitriles is 2. The Balaban J connectivity index is 0.000000741. The van der Waals surface area contributed by atoms with Crippen LogP contribution in [0.15, 0.2) is 29.6 Å². The number of rotatable bonds is 2. The van der Waals surface area contributed by atoms with Crippen molar-refractivity contribution in [1.29, 1.82) is 10.5 Å². The first-order chi connectivity index (χ1) is 9.22. The zero-order valence-corrected chi connectivity index (χ0v) is 10.9. The highest BCUT2D eigenvalue weighted by Gasteiger charge is 2.05. The molecular formula is C13H16N6. The molecule has 2 aromatic rings. The van der Waals surface area contributed by atoms with Crippen LogP contribution in [0.1, 0.15) is 25.5 Å². The summed E-state index contributed by atoms with van der Waals surface area (Å²) in [5, 5.41) is 17.6. The lowest BCUT2D eigenvalue weighted by molar-refractivity contribution is 0.618. The van der Waals surface area contributed by atoms with E-state index in [0.29, 0.717) is 6.04 Å². The molecule has 6 heteroatoms. The van der Waals surface area contributed by atoms with Crippen LogP contribution in [0, 0.1) is 23.7 Å². The summed E-state index contributed by atoms with van der Waals surface area (Å²) in [6.45, 7) is 11.3. The molecule has 0 fully saturated rings. The van der Waals surface area contributed by atoms with Crippen LogP contribution in [0.25, 0.3) is 11.0 Å². The van der Waals surface area contributed by atoms with Crippen LogP contribution in [0.3, 0.4) is 0 Å². The van der Waals surface area contributed by atoms with Gasteiger partial charge in [-0.1, -0.05) is 0 Å². The average molecular weight is 256 g/mol. The zero-order chi connectivity index (χ0) is 14.8. The van der Waals surface area contributed by atoms with E-state index in [-0.39, 0.29) is 0 Å². The molecule has 98 valence electrons. The smallest absolute Gasteiger partial charge is 0.140 e. The summed E-state index contributed by atoms with van der Waals surface area (Å²) in [5.74, 6) is 5.09. The topological polar surface area (TPSA) is 104 Å². The molecule has 6 nitrogen and oxygen atoms in total. The highest BCUT2D eigenvalue weighted by molar-refractivity contribution is 5.86. The predicted octanol–water partition coefficient (Wildman–Crippen LogP) is 2.19. The van der Waals surface area contributed by atoms with Crippen molar-refractivity contribution in [2.45, 2.75) is 19.9 Å². The van der Waals surface area contributed by atoms with E-state index in [1.54, 1.807) is 12.4 Å². The summed E-state index contributed by atoms with van der Waals surface area (Å²) >= 11 is 0. The number of pyridine rings is 1. The molecular weight excluding hydrogens is 240 g/mol. The van der Waals surface area contributed by atoms with Crippen molar-refractivity contribution in [3.8, 4) is 13.1 Å². The minimum Gasteiger partial charge on any atom is -0.330 e. The quantitative estimate of drug-likeness (QED) is 0.505. The third-order valence-corrected chi connectivity index (χ3v) is 2.36. The molecule has 0 spiro atoms. The molecule has 2 heterocycles. The maximum Gasteiger partial charge on any atom is 0.140 e. The fourth-order valence-electron chi connectivity index (χ4n) is 1.63. The first-order valence-corrected chi connectivity index (χ1v) is 5.44. The summed E-state index contributed by atoms with van der Waals surface area (Å²) in [4.78, 5) is 4.40. The van der Waals surface area contributed by atoms with E-state index in [1.165, 1.54) is 0 Å². The lowest BCUT2D eigenvalue weighted by atomic mass is 10.2. The highest BCUT2D eigenvalue weighted by atomic mass is 15.1. The van der Waals surface area contributed by atoms with Gasteiger partial charge in [0, 0.05) is 42.5 Å². The Labute approximate surface area is 112 Å². The van der Waals surface area contributed by atoms with Gasteiger partial charge in [0.15, 0.2) is 0 Å². The predicted molar refractivity (Wildman–Crippen MR) is 75.2 cm³/mol. The number of hydrazone groups is 1. The fraction of sp³-hybridized carbons (Fsp3) is 0.231. The van der Waals surface area contributed by atoms with E-state index >= 15 is 0 Å². The Morgan fingerprint density at radius 3 is 2.53 bits per heavy atom. The highest BCUT2D eigenvalue weighted by Crippen LogP contribution is 2.18. The van der Waals surface area contributed by atoms with Crippen LogP contribution < -0.4 is 5.84 Å². The summed E-state index contributed by atoms with van der Waals surface area (Å²) in [5.41, 5.74) is 1.92. The van der Waals surface area contributed by atoms with Gasteiger partial charge in [-0.05, 0) is 26.0 Å². The SMILES string of the molecule is C#N.C#N.CC(C)n1ccc2cc(C=NN)cnc21. The molecule has 0 aliphatic carbocycles. The summed E-state index contributed by atoms with van der Waals surface area (Å²) in [7, 11) is 0. The van der Waals surface area contributed by atoms with Crippen molar-refractivity contribution in [3.63, 3.8) is 0 Å². The van der Waals surface area contributed by atoms with Gasteiger partial charge in [-0.25, -0.2) is 15.5 Å².